The second kappa shape index (κ2) is 4.00. The van der Waals surface area contributed by atoms with Crippen LogP contribution in [-0.4, -0.2) is 9.97 Å². The molecule has 3 heteroatoms. The minimum absolute atomic E-state index is 1.00. The van der Waals surface area contributed by atoms with Gasteiger partial charge in [-0.05, 0) is 42.0 Å². The summed E-state index contributed by atoms with van der Waals surface area (Å²) in [5, 5.41) is 2.13. The van der Waals surface area contributed by atoms with Gasteiger partial charge in [0.2, 0.25) is 0 Å². The average molecular weight is 242 g/mol. The molecule has 0 atom stereocenters. The molecule has 2 heterocycles. The van der Waals surface area contributed by atoms with Crippen molar-refractivity contribution < 1.29 is 0 Å². The Morgan fingerprint density at radius 1 is 1.29 bits per heavy atom. The molecule has 0 radical (unpaired) electrons. The molecular formula is C14H14N2S. The van der Waals surface area contributed by atoms with Gasteiger partial charge in [-0.15, -0.1) is 11.3 Å². The molecule has 3 aromatic rings. The highest BCUT2D eigenvalue weighted by Gasteiger charge is 2.11. The Bertz CT molecular complexity index is 664. The van der Waals surface area contributed by atoms with Crippen molar-refractivity contribution in [1.29, 1.82) is 0 Å². The minimum Gasteiger partial charge on any atom is -0.337 e. The van der Waals surface area contributed by atoms with Gasteiger partial charge in [0.1, 0.15) is 5.82 Å². The Morgan fingerprint density at radius 3 is 2.94 bits per heavy atom. The van der Waals surface area contributed by atoms with Crippen LogP contribution in [0.4, 0.5) is 0 Å². The maximum absolute atomic E-state index is 4.72. The van der Waals surface area contributed by atoms with Crippen LogP contribution in [0.25, 0.3) is 21.7 Å². The first-order chi connectivity index (χ1) is 8.29. The van der Waals surface area contributed by atoms with E-state index in [1.807, 2.05) is 0 Å². The highest BCUT2D eigenvalue weighted by atomic mass is 32.1. The zero-order chi connectivity index (χ0) is 11.8. The molecule has 0 saturated carbocycles. The van der Waals surface area contributed by atoms with Crippen LogP contribution >= 0.6 is 11.3 Å². The van der Waals surface area contributed by atoms with Gasteiger partial charge >= 0.3 is 0 Å². The maximum atomic E-state index is 4.72. The van der Waals surface area contributed by atoms with Crippen LogP contribution < -0.4 is 0 Å². The number of hydrogen-bond acceptors (Lipinski definition) is 2. The lowest BCUT2D eigenvalue weighted by Crippen LogP contribution is -1.82. The van der Waals surface area contributed by atoms with Gasteiger partial charge in [0.25, 0.3) is 0 Å². The van der Waals surface area contributed by atoms with Crippen molar-refractivity contribution in [2.24, 2.45) is 0 Å². The third-order valence-electron chi connectivity index (χ3n) is 3.06. The summed E-state index contributed by atoms with van der Waals surface area (Å²) in [6.07, 6.45) is 1.05. The van der Waals surface area contributed by atoms with Crippen molar-refractivity contribution in [1.82, 2.24) is 9.97 Å². The number of nitrogens with zero attached hydrogens (tertiary/aromatic N) is 1. The average Bonchev–Trinajstić information content (AvgIpc) is 2.94. The number of imidazole rings is 1. The van der Waals surface area contributed by atoms with Gasteiger partial charge in [-0.1, -0.05) is 19.1 Å². The number of hydrogen-bond donors (Lipinski definition) is 1. The predicted octanol–water partition coefficient (Wildman–Crippen LogP) is 4.16. The number of para-hydroxylation sites is 1. The Labute approximate surface area is 104 Å². The monoisotopic (exact) mass is 242 g/mol. The summed E-state index contributed by atoms with van der Waals surface area (Å²) in [5.41, 5.74) is 4.79. The molecule has 0 spiro atoms. The number of aromatic nitrogens is 2. The zero-order valence-electron chi connectivity index (χ0n) is 9.95. The first kappa shape index (κ1) is 10.5. The van der Waals surface area contributed by atoms with Crippen molar-refractivity contribution >= 4 is 22.4 Å². The summed E-state index contributed by atoms with van der Waals surface area (Å²) in [6.45, 7) is 4.28. The van der Waals surface area contributed by atoms with E-state index in [0.29, 0.717) is 0 Å². The fourth-order valence-electron chi connectivity index (χ4n) is 2.10. The number of fused-ring (bicyclic) bond motifs is 1. The lowest BCUT2D eigenvalue weighted by molar-refractivity contribution is 1.15. The topological polar surface area (TPSA) is 28.7 Å². The molecule has 86 valence electrons. The molecule has 1 N–H and O–H groups in total. The molecule has 3 rings (SSSR count). The Hall–Kier alpha value is -1.61. The molecule has 0 unspecified atom stereocenters. The third kappa shape index (κ3) is 1.67. The van der Waals surface area contributed by atoms with E-state index in [1.165, 1.54) is 16.0 Å². The van der Waals surface area contributed by atoms with Crippen molar-refractivity contribution in [2.45, 2.75) is 20.3 Å². The smallest absolute Gasteiger partial charge is 0.148 e. The van der Waals surface area contributed by atoms with Crippen LogP contribution in [-0.2, 0) is 6.42 Å². The SMILES string of the molecule is CCc1ccsc1-c1nc2c(C)cccc2[nH]1. The van der Waals surface area contributed by atoms with Gasteiger partial charge in [-0.25, -0.2) is 4.98 Å². The quantitative estimate of drug-likeness (QED) is 0.718. The van der Waals surface area contributed by atoms with Crippen LogP contribution in [0, 0.1) is 6.92 Å². The highest BCUT2D eigenvalue weighted by Crippen LogP contribution is 2.30. The first-order valence-electron chi connectivity index (χ1n) is 5.81. The Balaban J connectivity index is 2.22. The van der Waals surface area contributed by atoms with Crippen LogP contribution in [0.15, 0.2) is 29.6 Å². The van der Waals surface area contributed by atoms with E-state index in [9.17, 15) is 0 Å². The second-order valence-corrected chi connectivity index (χ2v) is 5.10. The normalized spacial score (nSPS) is 11.2. The molecule has 0 aliphatic carbocycles. The van der Waals surface area contributed by atoms with Gasteiger partial charge < -0.3 is 4.98 Å². The highest BCUT2D eigenvalue weighted by molar-refractivity contribution is 7.13. The first-order valence-corrected chi connectivity index (χ1v) is 6.69. The van der Waals surface area contributed by atoms with E-state index in [2.05, 4.69) is 48.5 Å². The summed E-state index contributed by atoms with van der Waals surface area (Å²) in [5.74, 6) is 1.00. The number of benzene rings is 1. The molecule has 2 nitrogen and oxygen atoms in total. The molecule has 17 heavy (non-hydrogen) atoms. The van der Waals surface area contributed by atoms with E-state index in [0.717, 1.165) is 23.3 Å². The van der Waals surface area contributed by atoms with E-state index >= 15 is 0 Å². The van der Waals surface area contributed by atoms with Crippen molar-refractivity contribution in [3.63, 3.8) is 0 Å². The van der Waals surface area contributed by atoms with E-state index in [4.69, 9.17) is 4.98 Å². The number of H-pyrrole nitrogens is 1. The Morgan fingerprint density at radius 2 is 2.18 bits per heavy atom. The largest absolute Gasteiger partial charge is 0.337 e. The van der Waals surface area contributed by atoms with Crippen molar-refractivity contribution in [2.75, 3.05) is 0 Å². The van der Waals surface area contributed by atoms with Gasteiger partial charge in [-0.2, -0.15) is 0 Å². The van der Waals surface area contributed by atoms with E-state index < -0.39 is 0 Å². The van der Waals surface area contributed by atoms with Crippen LogP contribution in [0.5, 0.6) is 0 Å². The van der Waals surface area contributed by atoms with Gasteiger partial charge in [0.05, 0.1) is 15.9 Å². The Kier molecular flexibility index (Phi) is 2.48. The molecule has 0 fully saturated rings. The fourth-order valence-corrected chi connectivity index (χ4v) is 3.05. The molecule has 0 saturated heterocycles. The molecule has 2 aromatic heterocycles. The van der Waals surface area contributed by atoms with Crippen LogP contribution in [0.1, 0.15) is 18.1 Å². The summed E-state index contributed by atoms with van der Waals surface area (Å²) in [6, 6.07) is 8.43. The standard InChI is InChI=1S/C14H14N2S/c1-3-10-7-8-17-13(10)14-15-11-6-4-5-9(2)12(11)16-14/h4-8H,3H2,1-2H3,(H,15,16). The molecular weight excluding hydrogens is 228 g/mol. The van der Waals surface area contributed by atoms with Gasteiger partial charge in [-0.3, -0.25) is 0 Å². The summed E-state index contributed by atoms with van der Waals surface area (Å²) in [4.78, 5) is 9.40. The second-order valence-electron chi connectivity index (χ2n) is 4.19. The summed E-state index contributed by atoms with van der Waals surface area (Å²) < 4.78 is 0. The summed E-state index contributed by atoms with van der Waals surface area (Å²) in [7, 11) is 0. The molecule has 0 aliphatic heterocycles. The van der Waals surface area contributed by atoms with Crippen molar-refractivity contribution in [3.05, 3.63) is 40.8 Å². The summed E-state index contributed by atoms with van der Waals surface area (Å²) >= 11 is 1.75. The maximum Gasteiger partial charge on any atom is 0.148 e. The fraction of sp³-hybridized carbons (Fsp3) is 0.214. The lowest BCUT2D eigenvalue weighted by Gasteiger charge is -1.95. The number of aromatic amines is 1. The minimum atomic E-state index is 1.00. The van der Waals surface area contributed by atoms with E-state index in [-0.39, 0.29) is 0 Å². The van der Waals surface area contributed by atoms with Crippen LogP contribution in [0.2, 0.25) is 0 Å². The molecule has 0 amide bonds. The molecule has 0 bridgehead atoms. The van der Waals surface area contributed by atoms with Crippen molar-refractivity contribution in [3.8, 4) is 10.7 Å². The number of aryl methyl sites for hydroxylation is 2. The predicted molar refractivity (Wildman–Crippen MR) is 73.5 cm³/mol. The third-order valence-corrected chi connectivity index (χ3v) is 4.02. The van der Waals surface area contributed by atoms with E-state index in [1.54, 1.807) is 11.3 Å². The van der Waals surface area contributed by atoms with Crippen LogP contribution in [0.3, 0.4) is 0 Å². The van der Waals surface area contributed by atoms with Gasteiger partial charge in [0, 0.05) is 0 Å². The molecule has 0 aliphatic rings. The number of rotatable bonds is 2. The lowest BCUT2D eigenvalue weighted by atomic mass is 10.2. The molecule has 1 aromatic carbocycles. The van der Waals surface area contributed by atoms with Gasteiger partial charge in [0.15, 0.2) is 0 Å². The number of nitrogens with one attached hydrogen (secondary N) is 1. The number of thiophene rings is 1. The zero-order valence-corrected chi connectivity index (χ0v) is 10.8.